The van der Waals surface area contributed by atoms with E-state index in [1.165, 1.54) is 4.90 Å². The molecule has 1 aromatic heterocycles. The molecule has 2 heterocycles. The minimum Gasteiger partial charge on any atom is -0.507 e. The lowest BCUT2D eigenvalue weighted by Gasteiger charge is -2.23. The number of aryl methyl sites for hydroxylation is 1. The first-order valence-corrected chi connectivity index (χ1v) is 11.4. The Morgan fingerprint density at radius 1 is 1.03 bits per heavy atom. The van der Waals surface area contributed by atoms with Crippen LogP contribution in [-0.4, -0.2) is 28.6 Å². The number of aromatic nitrogens is 1. The summed E-state index contributed by atoms with van der Waals surface area (Å²) < 4.78 is 11.0. The van der Waals surface area contributed by atoms with Crippen LogP contribution < -0.4 is 9.64 Å². The zero-order chi connectivity index (χ0) is 24.5. The molecule has 1 fully saturated rings. The van der Waals surface area contributed by atoms with Crippen molar-refractivity contribution in [1.29, 1.82) is 0 Å². The van der Waals surface area contributed by atoms with Gasteiger partial charge in [-0.15, -0.1) is 0 Å². The molecule has 0 bridgehead atoms. The molecule has 1 atom stereocenters. The van der Waals surface area contributed by atoms with Gasteiger partial charge in [-0.3, -0.25) is 14.5 Å². The predicted molar refractivity (Wildman–Crippen MR) is 132 cm³/mol. The molecule has 1 amide bonds. The van der Waals surface area contributed by atoms with Crippen molar-refractivity contribution in [2.45, 2.75) is 26.3 Å². The maximum Gasteiger partial charge on any atom is 0.301 e. The van der Waals surface area contributed by atoms with Crippen LogP contribution in [0.3, 0.4) is 0 Å². The zero-order valence-electron chi connectivity index (χ0n) is 19.4. The number of ether oxygens (including phenoxy) is 1. The number of fused-ring (bicyclic) bond motifs is 1. The second-order valence-corrected chi connectivity index (χ2v) is 8.45. The Kier molecular flexibility index (Phi) is 5.82. The molecule has 0 radical (unpaired) electrons. The second kappa shape index (κ2) is 9.10. The van der Waals surface area contributed by atoms with Gasteiger partial charge in [0.1, 0.15) is 17.3 Å². The van der Waals surface area contributed by atoms with Gasteiger partial charge in [-0.25, -0.2) is 0 Å². The first-order chi connectivity index (χ1) is 17.0. The van der Waals surface area contributed by atoms with Crippen LogP contribution in [0, 0.1) is 6.92 Å². The van der Waals surface area contributed by atoms with E-state index in [0.717, 1.165) is 17.2 Å². The lowest BCUT2D eigenvalue weighted by Crippen LogP contribution is -2.29. The number of nitrogens with zero attached hydrogens (tertiary/aromatic N) is 2. The highest BCUT2D eigenvalue weighted by atomic mass is 16.5. The SMILES string of the molecule is CCCOc1cccc([C@H]2C(=C(O)c3ccc4ccccc4c3)C(=O)C(=O)N2c2cc(C)on2)c1. The lowest BCUT2D eigenvalue weighted by molar-refractivity contribution is -0.132. The average Bonchev–Trinajstić information content (AvgIpc) is 3.42. The number of hydrogen-bond donors (Lipinski definition) is 1. The maximum absolute atomic E-state index is 13.3. The molecule has 0 aliphatic carbocycles. The summed E-state index contributed by atoms with van der Waals surface area (Å²) in [6.07, 6.45) is 0.836. The van der Waals surface area contributed by atoms with Crippen LogP contribution in [0.25, 0.3) is 16.5 Å². The molecule has 4 aromatic rings. The molecule has 0 unspecified atom stereocenters. The number of ketones is 1. The van der Waals surface area contributed by atoms with Gasteiger partial charge in [-0.05, 0) is 47.9 Å². The molecule has 0 spiro atoms. The molecule has 3 aromatic carbocycles. The monoisotopic (exact) mass is 468 g/mol. The van der Waals surface area contributed by atoms with Crippen molar-refractivity contribution in [2.75, 3.05) is 11.5 Å². The first-order valence-electron chi connectivity index (χ1n) is 11.4. The summed E-state index contributed by atoms with van der Waals surface area (Å²) in [6, 6.07) is 21.0. The topological polar surface area (TPSA) is 92.9 Å². The number of benzene rings is 3. The Hall–Kier alpha value is -4.39. The molecule has 176 valence electrons. The summed E-state index contributed by atoms with van der Waals surface area (Å²) in [5, 5.41) is 17.3. The first kappa shape index (κ1) is 22.4. The van der Waals surface area contributed by atoms with E-state index in [1.54, 1.807) is 43.3 Å². The van der Waals surface area contributed by atoms with Crippen LogP contribution in [-0.2, 0) is 9.59 Å². The van der Waals surface area contributed by atoms with Gasteiger partial charge in [0.2, 0.25) is 0 Å². The van der Waals surface area contributed by atoms with Gasteiger partial charge in [-0.1, -0.05) is 60.6 Å². The van der Waals surface area contributed by atoms with Gasteiger partial charge < -0.3 is 14.4 Å². The van der Waals surface area contributed by atoms with Crippen molar-refractivity contribution in [3.8, 4) is 5.75 Å². The van der Waals surface area contributed by atoms with Gasteiger partial charge in [0, 0.05) is 11.6 Å². The number of carbonyl (C=O) groups excluding carboxylic acids is 2. The summed E-state index contributed by atoms with van der Waals surface area (Å²) in [4.78, 5) is 27.8. The fraction of sp³-hybridized carbons (Fsp3) is 0.179. The Bertz CT molecular complexity index is 1470. The lowest BCUT2D eigenvalue weighted by atomic mass is 9.94. The van der Waals surface area contributed by atoms with Crippen molar-refractivity contribution in [2.24, 2.45) is 0 Å². The fourth-order valence-electron chi connectivity index (χ4n) is 4.34. The molecule has 1 aliphatic heterocycles. The smallest absolute Gasteiger partial charge is 0.301 e. The molecule has 7 nitrogen and oxygen atoms in total. The van der Waals surface area contributed by atoms with Crippen molar-refractivity contribution in [3.63, 3.8) is 0 Å². The highest BCUT2D eigenvalue weighted by molar-refractivity contribution is 6.51. The third-order valence-electron chi connectivity index (χ3n) is 5.98. The third-order valence-corrected chi connectivity index (χ3v) is 5.98. The number of amides is 1. The summed E-state index contributed by atoms with van der Waals surface area (Å²) in [6.45, 7) is 4.24. The van der Waals surface area contributed by atoms with E-state index in [9.17, 15) is 14.7 Å². The van der Waals surface area contributed by atoms with Crippen LogP contribution in [0.5, 0.6) is 5.75 Å². The van der Waals surface area contributed by atoms with Gasteiger partial charge in [0.15, 0.2) is 5.82 Å². The summed E-state index contributed by atoms with van der Waals surface area (Å²) in [5.74, 6) is -0.521. The summed E-state index contributed by atoms with van der Waals surface area (Å²) in [7, 11) is 0. The van der Waals surface area contributed by atoms with Crippen molar-refractivity contribution in [1.82, 2.24) is 5.16 Å². The molecule has 5 rings (SSSR count). The third kappa shape index (κ3) is 4.05. The largest absolute Gasteiger partial charge is 0.507 e. The fourth-order valence-corrected chi connectivity index (χ4v) is 4.34. The summed E-state index contributed by atoms with van der Waals surface area (Å²) in [5.41, 5.74) is 1.04. The Labute approximate surface area is 202 Å². The maximum atomic E-state index is 13.3. The van der Waals surface area contributed by atoms with Crippen molar-refractivity contribution < 1.29 is 24.0 Å². The quantitative estimate of drug-likeness (QED) is 0.227. The molecular weight excluding hydrogens is 444 g/mol. The molecule has 1 aliphatic rings. The van der Waals surface area contributed by atoms with Crippen molar-refractivity contribution >= 4 is 34.0 Å². The van der Waals surface area contributed by atoms with E-state index < -0.39 is 17.7 Å². The highest BCUT2D eigenvalue weighted by Crippen LogP contribution is 2.42. The highest BCUT2D eigenvalue weighted by Gasteiger charge is 2.48. The number of Topliss-reactive ketones (excluding diaryl/α,β-unsaturated/α-hetero) is 1. The van der Waals surface area contributed by atoms with Gasteiger partial charge in [-0.2, -0.15) is 0 Å². The number of anilines is 1. The van der Waals surface area contributed by atoms with Crippen LogP contribution in [0.2, 0.25) is 0 Å². The average molecular weight is 469 g/mol. The number of rotatable bonds is 6. The van der Waals surface area contributed by atoms with Gasteiger partial charge in [0.25, 0.3) is 5.78 Å². The predicted octanol–water partition coefficient (Wildman–Crippen LogP) is 5.55. The van der Waals surface area contributed by atoms with E-state index in [1.807, 2.05) is 43.3 Å². The van der Waals surface area contributed by atoms with E-state index in [-0.39, 0.29) is 17.2 Å². The minimum atomic E-state index is -0.906. The number of aliphatic hydroxyl groups is 1. The molecule has 1 N–H and O–H groups in total. The number of carbonyl (C=O) groups is 2. The van der Waals surface area contributed by atoms with Gasteiger partial charge >= 0.3 is 5.91 Å². The molecule has 1 saturated heterocycles. The van der Waals surface area contributed by atoms with Crippen molar-refractivity contribution in [3.05, 3.63) is 95.3 Å². The zero-order valence-corrected chi connectivity index (χ0v) is 19.4. The standard InChI is InChI=1S/C28H24N2O5/c1-3-13-34-22-10-6-9-20(16-22)25-24(27(32)28(33)30(25)23-14-17(2)35-29-23)26(31)21-12-11-18-7-4-5-8-19(18)15-21/h4-12,14-16,25,31H,3,13H2,1-2H3/t25-/m0/s1. The van der Waals surface area contributed by atoms with Crippen LogP contribution in [0.1, 0.15) is 36.3 Å². The van der Waals surface area contributed by atoms with Crippen LogP contribution in [0.15, 0.2) is 82.9 Å². The van der Waals surface area contributed by atoms with E-state index >= 15 is 0 Å². The molecular formula is C28H24N2O5. The number of hydrogen-bond acceptors (Lipinski definition) is 6. The normalized spacial score (nSPS) is 17.3. The second-order valence-electron chi connectivity index (χ2n) is 8.45. The molecule has 7 heteroatoms. The van der Waals surface area contributed by atoms with Gasteiger partial charge in [0.05, 0.1) is 18.2 Å². The Morgan fingerprint density at radius 2 is 1.83 bits per heavy atom. The Morgan fingerprint density at radius 3 is 2.57 bits per heavy atom. The number of aliphatic hydroxyl groups excluding tert-OH is 1. The molecule has 0 saturated carbocycles. The van der Waals surface area contributed by atoms with Crippen LogP contribution in [0.4, 0.5) is 5.82 Å². The van der Waals surface area contributed by atoms with Crippen LogP contribution >= 0.6 is 0 Å². The van der Waals surface area contributed by atoms with E-state index in [4.69, 9.17) is 9.26 Å². The Balaban J connectivity index is 1.69. The molecule has 35 heavy (non-hydrogen) atoms. The van der Waals surface area contributed by atoms with E-state index in [0.29, 0.717) is 29.2 Å². The summed E-state index contributed by atoms with van der Waals surface area (Å²) >= 11 is 0. The minimum absolute atomic E-state index is 0.0152. The van der Waals surface area contributed by atoms with E-state index in [2.05, 4.69) is 5.16 Å².